The number of hydrogen-bond donors (Lipinski definition) is 0. The van der Waals surface area contributed by atoms with Gasteiger partial charge in [0.1, 0.15) is 0 Å². The van der Waals surface area contributed by atoms with Crippen molar-refractivity contribution in [3.8, 4) is 0 Å². The van der Waals surface area contributed by atoms with Gasteiger partial charge in [0.05, 0.1) is 0 Å². The Balaban J connectivity index is 1.40. The van der Waals surface area contributed by atoms with Gasteiger partial charge >= 0.3 is 0 Å². The average molecular weight is 435 g/mol. The SMILES string of the molecule is c1ccc(CN(CCCN(Cc2ccccc2)Cc2ccccc2)Cc2ccccc2)cc1. The third-order valence-corrected chi connectivity index (χ3v) is 5.94. The molecule has 0 heterocycles. The molecule has 0 saturated heterocycles. The van der Waals surface area contributed by atoms with E-state index in [0.717, 1.165) is 45.7 Å². The van der Waals surface area contributed by atoms with E-state index in [1.807, 2.05) is 0 Å². The predicted molar refractivity (Wildman–Crippen MR) is 139 cm³/mol. The Labute approximate surface area is 199 Å². The molecule has 168 valence electrons. The minimum absolute atomic E-state index is 0.979. The fourth-order valence-electron chi connectivity index (χ4n) is 4.31. The minimum Gasteiger partial charge on any atom is -0.295 e. The molecule has 0 aliphatic heterocycles. The second kappa shape index (κ2) is 12.7. The highest BCUT2D eigenvalue weighted by Crippen LogP contribution is 2.14. The molecule has 0 bridgehead atoms. The fraction of sp³-hybridized carbons (Fsp3) is 0.226. The van der Waals surface area contributed by atoms with Crippen LogP contribution in [0.3, 0.4) is 0 Å². The van der Waals surface area contributed by atoms with Crippen LogP contribution in [0.1, 0.15) is 28.7 Å². The monoisotopic (exact) mass is 434 g/mol. The van der Waals surface area contributed by atoms with E-state index in [-0.39, 0.29) is 0 Å². The molecule has 0 saturated carbocycles. The molecule has 0 N–H and O–H groups in total. The Morgan fingerprint density at radius 3 is 0.818 bits per heavy atom. The highest BCUT2D eigenvalue weighted by molar-refractivity contribution is 5.18. The van der Waals surface area contributed by atoms with Crippen LogP contribution in [0.2, 0.25) is 0 Å². The maximum atomic E-state index is 2.58. The zero-order valence-corrected chi connectivity index (χ0v) is 19.4. The first-order chi connectivity index (χ1) is 16.3. The number of hydrogen-bond acceptors (Lipinski definition) is 2. The third-order valence-electron chi connectivity index (χ3n) is 5.94. The van der Waals surface area contributed by atoms with Crippen molar-refractivity contribution < 1.29 is 0 Å². The summed E-state index contributed by atoms with van der Waals surface area (Å²) in [5.74, 6) is 0. The van der Waals surface area contributed by atoms with E-state index in [4.69, 9.17) is 0 Å². The lowest BCUT2D eigenvalue weighted by Gasteiger charge is -2.26. The van der Waals surface area contributed by atoms with E-state index in [0.29, 0.717) is 0 Å². The zero-order chi connectivity index (χ0) is 22.6. The van der Waals surface area contributed by atoms with Crippen LogP contribution in [-0.2, 0) is 26.2 Å². The summed E-state index contributed by atoms with van der Waals surface area (Å²) in [6, 6.07) is 43.3. The number of benzene rings is 4. The second-order valence-electron chi connectivity index (χ2n) is 8.72. The third kappa shape index (κ3) is 8.02. The van der Waals surface area contributed by atoms with Crippen molar-refractivity contribution >= 4 is 0 Å². The van der Waals surface area contributed by atoms with Gasteiger partial charge in [-0.1, -0.05) is 121 Å². The van der Waals surface area contributed by atoms with Crippen molar-refractivity contribution in [3.05, 3.63) is 144 Å². The zero-order valence-electron chi connectivity index (χ0n) is 19.4. The van der Waals surface area contributed by atoms with Crippen LogP contribution in [0, 0.1) is 0 Å². The summed E-state index contributed by atoms with van der Waals surface area (Å²) in [5, 5.41) is 0. The lowest BCUT2D eigenvalue weighted by molar-refractivity contribution is 0.207. The molecule has 4 aromatic carbocycles. The van der Waals surface area contributed by atoms with E-state index < -0.39 is 0 Å². The van der Waals surface area contributed by atoms with Crippen LogP contribution in [0.15, 0.2) is 121 Å². The first-order valence-corrected chi connectivity index (χ1v) is 12.0. The standard InChI is InChI=1S/C31H34N2/c1-5-14-28(15-6-1)24-32(25-29-16-7-2-8-17-29)22-13-23-33(26-30-18-9-3-10-19-30)27-31-20-11-4-12-21-31/h1-12,14-21H,13,22-27H2. The summed E-state index contributed by atoms with van der Waals surface area (Å²) in [6.07, 6.45) is 1.14. The molecule has 2 heteroatoms. The molecular weight excluding hydrogens is 400 g/mol. The van der Waals surface area contributed by atoms with Gasteiger partial charge in [-0.05, 0) is 28.7 Å². The molecule has 0 unspecified atom stereocenters. The van der Waals surface area contributed by atoms with Gasteiger partial charge in [-0.2, -0.15) is 0 Å². The maximum Gasteiger partial charge on any atom is 0.0237 e. The van der Waals surface area contributed by atoms with E-state index in [1.54, 1.807) is 0 Å². The molecule has 0 atom stereocenters. The van der Waals surface area contributed by atoms with E-state index >= 15 is 0 Å². The smallest absolute Gasteiger partial charge is 0.0237 e. The first-order valence-electron chi connectivity index (χ1n) is 12.0. The van der Waals surface area contributed by atoms with Crippen LogP contribution in [-0.4, -0.2) is 22.9 Å². The first kappa shape index (κ1) is 23.0. The topological polar surface area (TPSA) is 6.48 Å². The minimum atomic E-state index is 0.979. The Bertz CT molecular complexity index is 863. The molecule has 4 rings (SSSR count). The van der Waals surface area contributed by atoms with Crippen LogP contribution >= 0.6 is 0 Å². The van der Waals surface area contributed by atoms with E-state index in [2.05, 4.69) is 131 Å². The summed E-state index contributed by atoms with van der Waals surface area (Å²) in [4.78, 5) is 5.15. The summed E-state index contributed by atoms with van der Waals surface area (Å²) in [7, 11) is 0. The van der Waals surface area contributed by atoms with Gasteiger partial charge in [0.25, 0.3) is 0 Å². The van der Waals surface area contributed by atoms with Crippen LogP contribution in [0.4, 0.5) is 0 Å². The van der Waals surface area contributed by atoms with Crippen LogP contribution in [0.5, 0.6) is 0 Å². The molecule has 0 aliphatic carbocycles. The molecule has 0 radical (unpaired) electrons. The normalized spacial score (nSPS) is 11.2. The Morgan fingerprint density at radius 1 is 0.333 bits per heavy atom. The van der Waals surface area contributed by atoms with E-state index in [9.17, 15) is 0 Å². The van der Waals surface area contributed by atoms with Gasteiger partial charge in [0, 0.05) is 39.3 Å². The van der Waals surface area contributed by atoms with Gasteiger partial charge < -0.3 is 0 Å². The van der Waals surface area contributed by atoms with Gasteiger partial charge in [0.15, 0.2) is 0 Å². The van der Waals surface area contributed by atoms with Crippen molar-refractivity contribution in [2.75, 3.05) is 13.1 Å². The van der Waals surface area contributed by atoms with Crippen molar-refractivity contribution in [1.82, 2.24) is 9.80 Å². The van der Waals surface area contributed by atoms with Crippen LogP contribution < -0.4 is 0 Å². The largest absolute Gasteiger partial charge is 0.295 e. The molecule has 33 heavy (non-hydrogen) atoms. The summed E-state index contributed by atoms with van der Waals surface area (Å²) in [6.45, 7) is 6.06. The lowest BCUT2D eigenvalue weighted by Crippen LogP contribution is -2.29. The Hall–Kier alpha value is -3.20. The van der Waals surface area contributed by atoms with E-state index in [1.165, 1.54) is 22.3 Å². The molecule has 0 aliphatic rings. The fourth-order valence-corrected chi connectivity index (χ4v) is 4.31. The Kier molecular flexibility index (Phi) is 8.87. The summed E-state index contributed by atoms with van der Waals surface area (Å²) in [5.41, 5.74) is 5.50. The van der Waals surface area contributed by atoms with Gasteiger partial charge in [-0.3, -0.25) is 9.80 Å². The Morgan fingerprint density at radius 2 is 0.576 bits per heavy atom. The van der Waals surface area contributed by atoms with Crippen molar-refractivity contribution in [1.29, 1.82) is 0 Å². The predicted octanol–water partition coefficient (Wildman–Crippen LogP) is 6.78. The number of rotatable bonds is 12. The highest BCUT2D eigenvalue weighted by atomic mass is 15.1. The van der Waals surface area contributed by atoms with Crippen molar-refractivity contribution in [3.63, 3.8) is 0 Å². The molecule has 0 spiro atoms. The molecule has 0 amide bonds. The summed E-state index contributed by atoms with van der Waals surface area (Å²) >= 11 is 0. The molecule has 2 nitrogen and oxygen atoms in total. The van der Waals surface area contributed by atoms with Crippen molar-refractivity contribution in [2.45, 2.75) is 32.6 Å². The molecule has 0 fully saturated rings. The number of nitrogens with zero attached hydrogens (tertiary/aromatic N) is 2. The van der Waals surface area contributed by atoms with Crippen LogP contribution in [0.25, 0.3) is 0 Å². The second-order valence-corrected chi connectivity index (χ2v) is 8.72. The maximum absolute atomic E-state index is 2.58. The summed E-state index contributed by atoms with van der Waals surface area (Å²) < 4.78 is 0. The quantitative estimate of drug-likeness (QED) is 0.242. The highest BCUT2D eigenvalue weighted by Gasteiger charge is 2.11. The molecule has 0 aromatic heterocycles. The van der Waals surface area contributed by atoms with Gasteiger partial charge in [0.2, 0.25) is 0 Å². The molecular formula is C31H34N2. The molecule has 4 aromatic rings. The van der Waals surface area contributed by atoms with Gasteiger partial charge in [-0.25, -0.2) is 0 Å². The van der Waals surface area contributed by atoms with Gasteiger partial charge in [-0.15, -0.1) is 0 Å². The van der Waals surface area contributed by atoms with Crippen molar-refractivity contribution in [2.24, 2.45) is 0 Å². The average Bonchev–Trinajstić information content (AvgIpc) is 2.86. The lowest BCUT2D eigenvalue weighted by atomic mass is 10.1.